The van der Waals surface area contributed by atoms with Crippen LogP contribution in [0.2, 0.25) is 0 Å². The Morgan fingerprint density at radius 2 is 1.70 bits per heavy atom. The summed E-state index contributed by atoms with van der Waals surface area (Å²) in [6.07, 6.45) is 2.36. The van der Waals surface area contributed by atoms with Crippen molar-refractivity contribution < 1.29 is 4.74 Å². The molecule has 0 bridgehead atoms. The molecule has 1 aliphatic carbocycles. The molecule has 2 aromatic rings. The predicted octanol–water partition coefficient (Wildman–Crippen LogP) is 7.34. The van der Waals surface area contributed by atoms with Crippen LogP contribution in [0.25, 0.3) is 0 Å². The average Bonchev–Trinajstić information content (AvgIpc) is 2.93. The Kier molecular flexibility index (Phi) is 7.15. The van der Waals surface area contributed by atoms with Gasteiger partial charge < -0.3 is 4.74 Å². The van der Waals surface area contributed by atoms with Crippen molar-refractivity contribution in [1.29, 1.82) is 0 Å². The van der Waals surface area contributed by atoms with Crippen LogP contribution in [-0.4, -0.2) is 14.5 Å². The zero-order valence-corrected chi connectivity index (χ0v) is 21.0. The summed E-state index contributed by atoms with van der Waals surface area (Å²) in [6, 6.07) is 17.9. The van der Waals surface area contributed by atoms with Crippen molar-refractivity contribution >= 4 is 45.2 Å². The van der Waals surface area contributed by atoms with Gasteiger partial charge in [0, 0.05) is 19.7 Å². The third kappa shape index (κ3) is 5.20. The molecule has 2 aromatic carbocycles. The molecule has 27 heavy (non-hydrogen) atoms. The van der Waals surface area contributed by atoms with Crippen LogP contribution >= 0.6 is 45.2 Å². The molecule has 0 N–H and O–H groups in total. The van der Waals surface area contributed by atoms with Gasteiger partial charge in [-0.15, -0.1) is 0 Å². The monoisotopic (exact) mass is 588 g/mol. The van der Waals surface area contributed by atoms with Crippen LogP contribution in [-0.2, 0) is 11.8 Å². The highest BCUT2D eigenvalue weighted by molar-refractivity contribution is 14.1. The van der Waals surface area contributed by atoms with Crippen molar-refractivity contribution in [1.82, 2.24) is 0 Å². The number of hydrogen-bond acceptors (Lipinski definition) is 1. The van der Waals surface area contributed by atoms with Gasteiger partial charge >= 0.3 is 0 Å². The normalized spacial score (nSPS) is 25.6. The van der Waals surface area contributed by atoms with Crippen molar-refractivity contribution in [3.8, 4) is 5.75 Å². The molecule has 1 fully saturated rings. The van der Waals surface area contributed by atoms with Gasteiger partial charge in [0.1, 0.15) is 5.75 Å². The molecule has 3 rings (SSSR count). The van der Waals surface area contributed by atoms with Crippen molar-refractivity contribution in [2.45, 2.75) is 59.7 Å². The molecule has 1 saturated carbocycles. The Balaban J connectivity index is 1.75. The third-order valence-electron chi connectivity index (χ3n) is 5.68. The summed E-state index contributed by atoms with van der Waals surface area (Å²) < 4.78 is 7.66. The van der Waals surface area contributed by atoms with Crippen LogP contribution in [0.4, 0.5) is 0 Å². The second-order valence-electron chi connectivity index (χ2n) is 8.64. The van der Waals surface area contributed by atoms with Gasteiger partial charge in [0.15, 0.2) is 0 Å². The smallest absolute Gasteiger partial charge is 0.119 e. The van der Waals surface area contributed by atoms with E-state index in [0.717, 1.165) is 18.8 Å². The van der Waals surface area contributed by atoms with Crippen molar-refractivity contribution in [3.05, 3.63) is 65.2 Å². The van der Waals surface area contributed by atoms with Crippen LogP contribution in [0, 0.1) is 5.92 Å². The fraction of sp³-hybridized carbons (Fsp3) is 0.500. The lowest BCUT2D eigenvalue weighted by atomic mass is 9.87. The van der Waals surface area contributed by atoms with Crippen LogP contribution in [0.5, 0.6) is 5.75 Å². The molecule has 0 amide bonds. The maximum Gasteiger partial charge on any atom is 0.119 e. The summed E-state index contributed by atoms with van der Waals surface area (Å²) >= 11 is 5.30. The fourth-order valence-corrected chi connectivity index (χ4v) is 7.59. The van der Waals surface area contributed by atoms with Crippen molar-refractivity contribution in [2.75, 3.05) is 6.61 Å². The van der Waals surface area contributed by atoms with Gasteiger partial charge in [-0.25, -0.2) is 0 Å². The number of rotatable bonds is 5. The van der Waals surface area contributed by atoms with E-state index in [-0.39, 0.29) is 5.41 Å². The molecule has 0 heterocycles. The highest BCUT2D eigenvalue weighted by atomic mass is 127. The van der Waals surface area contributed by atoms with Crippen molar-refractivity contribution in [3.63, 3.8) is 0 Å². The lowest BCUT2D eigenvalue weighted by Crippen LogP contribution is -2.23. The van der Waals surface area contributed by atoms with Gasteiger partial charge in [-0.3, -0.25) is 0 Å². The summed E-state index contributed by atoms with van der Waals surface area (Å²) in [5.41, 5.74) is 4.37. The van der Waals surface area contributed by atoms with E-state index in [1.54, 1.807) is 0 Å². The van der Waals surface area contributed by atoms with E-state index in [0.29, 0.717) is 19.7 Å². The lowest BCUT2D eigenvalue weighted by molar-refractivity contribution is 0.245. The summed E-state index contributed by atoms with van der Waals surface area (Å²) in [4.78, 5) is 0. The lowest BCUT2D eigenvalue weighted by Gasteiger charge is -2.25. The molecule has 4 atom stereocenters. The van der Waals surface area contributed by atoms with Gasteiger partial charge in [-0.05, 0) is 47.1 Å². The van der Waals surface area contributed by atoms with E-state index in [2.05, 4.69) is 121 Å². The molecule has 0 radical (unpaired) electrons. The third-order valence-corrected chi connectivity index (χ3v) is 8.40. The molecule has 2 unspecified atom stereocenters. The fourth-order valence-electron chi connectivity index (χ4n) is 3.91. The Bertz CT molecular complexity index is 748. The molecule has 1 aliphatic rings. The highest BCUT2D eigenvalue weighted by Crippen LogP contribution is 2.47. The summed E-state index contributed by atoms with van der Waals surface area (Å²) in [5.74, 6) is 2.13. The van der Waals surface area contributed by atoms with E-state index >= 15 is 0 Å². The standard InChI is InChI=1S/C24H30I2O/c1-5-16-9-11-17(12-10-16)23-20(21(25)14-22(23)26)15-27-19-8-6-7-18(13-19)24(2,3)4/h6-13,20-23H,5,14-15H2,1-4H3/t20-,21?,22?,23+/m0/s1. The number of halogens is 2. The van der Waals surface area contributed by atoms with Gasteiger partial charge in [0.05, 0.1) is 6.61 Å². The maximum atomic E-state index is 6.33. The SMILES string of the molecule is CCc1ccc([C@H]2C(I)CC(I)[C@@H]2COc2cccc(C(C)(C)C)c2)cc1. The van der Waals surface area contributed by atoms with E-state index in [1.165, 1.54) is 23.1 Å². The molecular weight excluding hydrogens is 558 g/mol. The molecule has 0 aliphatic heterocycles. The summed E-state index contributed by atoms with van der Waals surface area (Å²) in [6.45, 7) is 9.76. The van der Waals surface area contributed by atoms with E-state index in [4.69, 9.17) is 4.74 Å². The zero-order valence-electron chi connectivity index (χ0n) is 16.7. The average molecular weight is 588 g/mol. The first-order valence-corrected chi connectivity index (χ1v) is 12.4. The molecular formula is C24H30I2O. The number of aryl methyl sites for hydroxylation is 1. The van der Waals surface area contributed by atoms with Gasteiger partial charge in [0.25, 0.3) is 0 Å². The summed E-state index contributed by atoms with van der Waals surface area (Å²) in [5, 5.41) is 0. The number of hydrogen-bond donors (Lipinski definition) is 0. The Morgan fingerprint density at radius 3 is 2.33 bits per heavy atom. The minimum absolute atomic E-state index is 0.148. The van der Waals surface area contributed by atoms with Gasteiger partial charge in [-0.2, -0.15) is 0 Å². The van der Waals surface area contributed by atoms with Crippen LogP contribution in [0.15, 0.2) is 48.5 Å². The number of benzene rings is 2. The van der Waals surface area contributed by atoms with Crippen LogP contribution in [0.3, 0.4) is 0 Å². The van der Waals surface area contributed by atoms with E-state index < -0.39 is 0 Å². The molecule has 0 aromatic heterocycles. The first kappa shape index (κ1) is 21.4. The number of ether oxygens (including phenoxy) is 1. The topological polar surface area (TPSA) is 9.23 Å². The summed E-state index contributed by atoms with van der Waals surface area (Å²) in [7, 11) is 0. The number of alkyl halides is 2. The van der Waals surface area contributed by atoms with Crippen LogP contribution in [0.1, 0.15) is 56.7 Å². The first-order valence-electron chi connectivity index (χ1n) is 9.90. The first-order chi connectivity index (χ1) is 12.8. The Morgan fingerprint density at radius 1 is 1.00 bits per heavy atom. The predicted molar refractivity (Wildman–Crippen MR) is 133 cm³/mol. The highest BCUT2D eigenvalue weighted by Gasteiger charge is 2.42. The second-order valence-corrected chi connectivity index (χ2v) is 11.8. The Hall–Kier alpha value is -0.300. The van der Waals surface area contributed by atoms with Gasteiger partial charge in [0.2, 0.25) is 0 Å². The minimum Gasteiger partial charge on any atom is -0.493 e. The van der Waals surface area contributed by atoms with E-state index in [9.17, 15) is 0 Å². The van der Waals surface area contributed by atoms with Crippen LogP contribution < -0.4 is 4.74 Å². The molecule has 1 nitrogen and oxygen atoms in total. The minimum atomic E-state index is 0.148. The zero-order chi connectivity index (χ0) is 19.6. The maximum absolute atomic E-state index is 6.33. The van der Waals surface area contributed by atoms with Crippen molar-refractivity contribution in [2.24, 2.45) is 5.92 Å². The molecule has 3 heteroatoms. The van der Waals surface area contributed by atoms with E-state index in [1.807, 2.05) is 0 Å². The quantitative estimate of drug-likeness (QED) is 0.263. The second kappa shape index (κ2) is 9.02. The van der Waals surface area contributed by atoms with Gasteiger partial charge in [-0.1, -0.05) is 109 Å². The molecule has 0 saturated heterocycles. The largest absolute Gasteiger partial charge is 0.493 e. The molecule has 146 valence electrons. The Labute approximate surface area is 191 Å². The molecule has 0 spiro atoms.